The van der Waals surface area contributed by atoms with E-state index in [0.29, 0.717) is 23.5 Å². The van der Waals surface area contributed by atoms with Gasteiger partial charge < -0.3 is 18.3 Å². The van der Waals surface area contributed by atoms with Crippen LogP contribution in [0.25, 0.3) is 22.5 Å². The molecule has 182 valence electrons. The van der Waals surface area contributed by atoms with Crippen molar-refractivity contribution in [2.24, 2.45) is 5.73 Å². The first kappa shape index (κ1) is 30.6. The van der Waals surface area contributed by atoms with Gasteiger partial charge in [-0.25, -0.2) is 4.79 Å². The van der Waals surface area contributed by atoms with Crippen LogP contribution in [0.5, 0.6) is 0 Å². The molecule has 0 fully saturated rings. The Hall–Kier alpha value is -2.60. The number of carbonyl (C=O) groups excluding carboxylic acids is 1. The summed E-state index contributed by atoms with van der Waals surface area (Å²) >= 11 is 0. The van der Waals surface area contributed by atoms with E-state index in [1.807, 2.05) is 37.3 Å². The van der Waals surface area contributed by atoms with E-state index in [-0.39, 0.29) is 79.6 Å². The number of aromatic amines is 1. The SMILES string of the molecule is CCCCc1cc(C(=O)O)cc(=O)n1Cc1ccc(-c2ccccc2-c2nn[nH]n2)cc1C(N)=O.[H-].[H-].[Na+].[Na+]. The molecule has 0 bridgehead atoms. The number of benzene rings is 2. The number of carboxylic acid groups (broad SMARTS) is 1. The third-order valence-electron chi connectivity index (χ3n) is 5.78. The van der Waals surface area contributed by atoms with Crippen molar-refractivity contribution in [2.75, 3.05) is 0 Å². The van der Waals surface area contributed by atoms with Crippen LogP contribution in [-0.4, -0.2) is 42.2 Å². The molecule has 0 saturated carbocycles. The molecule has 4 aromatic rings. The number of amides is 1. The van der Waals surface area contributed by atoms with Crippen molar-refractivity contribution >= 4 is 11.9 Å². The molecule has 0 spiro atoms. The number of carbonyl (C=O) groups is 2. The summed E-state index contributed by atoms with van der Waals surface area (Å²) in [6, 6.07) is 15.3. The number of rotatable bonds is 9. The normalized spacial score (nSPS) is 10.3. The van der Waals surface area contributed by atoms with E-state index in [1.54, 1.807) is 12.1 Å². The third-order valence-corrected chi connectivity index (χ3v) is 5.78. The molecule has 12 heteroatoms. The number of aromatic nitrogens is 5. The number of nitrogens with two attached hydrogens (primary N) is 1. The summed E-state index contributed by atoms with van der Waals surface area (Å²) in [5, 5.41) is 23.5. The summed E-state index contributed by atoms with van der Waals surface area (Å²) < 4.78 is 1.50. The van der Waals surface area contributed by atoms with Gasteiger partial charge in [0, 0.05) is 22.9 Å². The van der Waals surface area contributed by atoms with Crippen LogP contribution in [0.4, 0.5) is 0 Å². The molecule has 0 aliphatic carbocycles. The first-order chi connectivity index (χ1) is 16.9. The Kier molecular flexibility index (Phi) is 11.4. The number of unbranched alkanes of at least 4 members (excludes halogenated alkanes) is 1. The van der Waals surface area contributed by atoms with Crippen LogP contribution in [0.15, 0.2) is 59.4 Å². The number of hydrogen-bond donors (Lipinski definition) is 3. The second-order valence-corrected chi connectivity index (χ2v) is 8.09. The summed E-state index contributed by atoms with van der Waals surface area (Å²) in [5.74, 6) is -1.38. The number of hydrogen-bond acceptors (Lipinski definition) is 6. The second-order valence-electron chi connectivity index (χ2n) is 8.09. The maximum atomic E-state index is 12.8. The number of aromatic carboxylic acids is 1. The standard InChI is InChI=1S/C25H24N6O4.2Na.2H/c1-2-3-6-18-11-17(25(34)35)13-22(32)31(18)14-16-10-9-15(12-21(16)23(26)33)19-7-4-5-8-20(19)24-27-29-30-28-24;;;;/h4-5,7-13H,2-3,6,14H2,1H3,(H2,26,33)(H,34,35)(H,27,28,29,30);;;;/q;2*+1;2*-1. The van der Waals surface area contributed by atoms with Crippen LogP contribution in [-0.2, 0) is 13.0 Å². The number of tetrazole rings is 1. The summed E-state index contributed by atoms with van der Waals surface area (Å²) in [6.45, 7) is 2.10. The Morgan fingerprint density at radius 3 is 2.43 bits per heavy atom. The second kappa shape index (κ2) is 13.8. The predicted molar refractivity (Wildman–Crippen MR) is 131 cm³/mol. The van der Waals surface area contributed by atoms with E-state index < -0.39 is 17.4 Å². The van der Waals surface area contributed by atoms with Crippen molar-refractivity contribution in [1.82, 2.24) is 25.2 Å². The molecular formula is C25H26N6Na2O4. The van der Waals surface area contributed by atoms with Gasteiger partial charge in [-0.3, -0.25) is 9.59 Å². The van der Waals surface area contributed by atoms with Gasteiger partial charge in [0.1, 0.15) is 0 Å². The smallest absolute Gasteiger partial charge is 1.00 e. The van der Waals surface area contributed by atoms with Gasteiger partial charge >= 0.3 is 65.1 Å². The molecular weight excluding hydrogens is 494 g/mol. The van der Waals surface area contributed by atoms with Crippen LogP contribution in [0.1, 0.15) is 54.6 Å². The van der Waals surface area contributed by atoms with Crippen LogP contribution in [0, 0.1) is 0 Å². The topological polar surface area (TPSA) is 157 Å². The van der Waals surface area contributed by atoms with Crippen molar-refractivity contribution in [3.63, 3.8) is 0 Å². The van der Waals surface area contributed by atoms with Crippen molar-refractivity contribution in [2.45, 2.75) is 32.7 Å². The van der Waals surface area contributed by atoms with E-state index in [0.717, 1.165) is 35.6 Å². The first-order valence-electron chi connectivity index (χ1n) is 11.1. The van der Waals surface area contributed by atoms with Gasteiger partial charge in [0.05, 0.1) is 12.1 Å². The van der Waals surface area contributed by atoms with E-state index >= 15 is 0 Å². The van der Waals surface area contributed by atoms with Gasteiger partial charge in [0.25, 0.3) is 5.56 Å². The zero-order valence-corrected chi connectivity index (χ0v) is 25.1. The Morgan fingerprint density at radius 2 is 1.81 bits per heavy atom. The van der Waals surface area contributed by atoms with E-state index in [9.17, 15) is 19.5 Å². The molecule has 0 unspecified atom stereocenters. The molecule has 0 saturated heterocycles. The van der Waals surface area contributed by atoms with E-state index in [4.69, 9.17) is 5.73 Å². The van der Waals surface area contributed by atoms with Crippen LogP contribution < -0.4 is 70.4 Å². The molecule has 4 rings (SSSR count). The fourth-order valence-corrected chi connectivity index (χ4v) is 4.01. The Bertz CT molecular complexity index is 1470. The Labute approximate surface area is 260 Å². The largest absolute Gasteiger partial charge is 1.00 e. The zero-order chi connectivity index (χ0) is 24.9. The van der Waals surface area contributed by atoms with Gasteiger partial charge in [-0.1, -0.05) is 49.7 Å². The zero-order valence-electron chi connectivity index (χ0n) is 23.1. The van der Waals surface area contributed by atoms with Crippen LogP contribution >= 0.6 is 0 Å². The van der Waals surface area contributed by atoms with Crippen LogP contribution in [0.3, 0.4) is 0 Å². The summed E-state index contributed by atoms with van der Waals surface area (Å²) in [6.07, 6.45) is 2.21. The minimum Gasteiger partial charge on any atom is -1.00 e. The Morgan fingerprint density at radius 1 is 1.08 bits per heavy atom. The van der Waals surface area contributed by atoms with E-state index in [1.165, 1.54) is 10.6 Å². The molecule has 1 amide bonds. The number of nitrogens with one attached hydrogen (secondary N) is 1. The molecule has 0 radical (unpaired) electrons. The van der Waals surface area contributed by atoms with Crippen LogP contribution in [0.2, 0.25) is 0 Å². The summed E-state index contributed by atoms with van der Waals surface area (Å²) in [7, 11) is 0. The van der Waals surface area contributed by atoms with Gasteiger partial charge in [0.15, 0.2) is 0 Å². The van der Waals surface area contributed by atoms with Gasteiger partial charge in [-0.2, -0.15) is 5.21 Å². The maximum Gasteiger partial charge on any atom is 1.00 e. The number of pyridine rings is 1. The monoisotopic (exact) mass is 520 g/mol. The number of primary amides is 1. The molecule has 2 heterocycles. The fourth-order valence-electron chi connectivity index (χ4n) is 4.01. The van der Waals surface area contributed by atoms with Crippen molar-refractivity contribution in [3.05, 3.63) is 87.3 Å². The number of aryl methyl sites for hydroxylation is 1. The number of H-pyrrole nitrogens is 1. The summed E-state index contributed by atoms with van der Waals surface area (Å²) in [5.41, 5.74) is 8.88. The molecule has 4 N–H and O–H groups in total. The molecule has 2 aromatic heterocycles. The molecule has 0 atom stereocenters. The molecule has 10 nitrogen and oxygen atoms in total. The van der Waals surface area contributed by atoms with Crippen molar-refractivity contribution in [1.29, 1.82) is 0 Å². The average molecular weight is 521 g/mol. The first-order valence-corrected chi connectivity index (χ1v) is 11.1. The van der Waals surface area contributed by atoms with Crippen molar-refractivity contribution in [3.8, 4) is 22.5 Å². The summed E-state index contributed by atoms with van der Waals surface area (Å²) in [4.78, 5) is 36.7. The van der Waals surface area contributed by atoms with Gasteiger partial charge in [0.2, 0.25) is 11.7 Å². The molecule has 0 aliphatic rings. The molecule has 0 aliphatic heterocycles. The number of carboxylic acids is 1. The quantitative estimate of drug-likeness (QED) is 0.200. The minimum absolute atomic E-state index is 0. The number of nitrogens with zero attached hydrogens (tertiary/aromatic N) is 4. The van der Waals surface area contributed by atoms with E-state index in [2.05, 4.69) is 20.6 Å². The predicted octanol–water partition coefficient (Wildman–Crippen LogP) is -2.88. The maximum absolute atomic E-state index is 12.8. The average Bonchev–Trinajstić information content (AvgIpc) is 3.39. The Balaban J connectivity index is 0.00000361. The molecule has 2 aromatic carbocycles. The third kappa shape index (κ3) is 7.04. The minimum atomic E-state index is -1.16. The van der Waals surface area contributed by atoms with Crippen molar-refractivity contribution < 1.29 is 76.7 Å². The van der Waals surface area contributed by atoms with Gasteiger partial charge in [-0.05, 0) is 46.9 Å². The van der Waals surface area contributed by atoms with Gasteiger partial charge in [-0.15, -0.1) is 10.2 Å². The molecule has 37 heavy (non-hydrogen) atoms. The fraction of sp³-hybridized carbons (Fsp3) is 0.200.